The van der Waals surface area contributed by atoms with Gasteiger partial charge >= 0.3 is 7.60 Å². The highest BCUT2D eigenvalue weighted by Crippen LogP contribution is 2.45. The van der Waals surface area contributed by atoms with Gasteiger partial charge in [-0.2, -0.15) is 0 Å². The molecule has 0 rings (SSSR count). The Labute approximate surface area is 59.7 Å². The third-order valence-electron chi connectivity index (χ3n) is 1.03. The summed E-state index contributed by atoms with van der Waals surface area (Å²) in [6, 6.07) is 0. The van der Waals surface area contributed by atoms with Crippen LogP contribution in [0.1, 0.15) is 13.8 Å². The lowest BCUT2D eigenvalue weighted by Crippen LogP contribution is -2.06. The first-order chi connectivity index (χ1) is 4.54. The van der Waals surface area contributed by atoms with Gasteiger partial charge in [-0.3, -0.25) is 4.57 Å². The van der Waals surface area contributed by atoms with Crippen molar-refractivity contribution >= 4 is 13.9 Å². The zero-order chi connectivity index (χ0) is 8.20. The Morgan fingerprint density at radius 1 is 1.80 bits per heavy atom. The normalized spacial score (nSPS) is 19.5. The largest absolute Gasteiger partial charge is 0.337 e. The summed E-state index contributed by atoms with van der Waals surface area (Å²) in [6.45, 7) is 3.09. The Kier molecular flexibility index (Phi) is 3.79. The van der Waals surface area contributed by atoms with E-state index in [-0.39, 0.29) is 6.61 Å². The van der Waals surface area contributed by atoms with Crippen LogP contribution in [0.2, 0.25) is 0 Å². The van der Waals surface area contributed by atoms with Crippen LogP contribution in [0.5, 0.6) is 0 Å². The molecule has 0 aliphatic carbocycles. The predicted octanol–water partition coefficient (Wildman–Crippen LogP) is 0.796. The fourth-order valence-corrected chi connectivity index (χ4v) is 1.14. The summed E-state index contributed by atoms with van der Waals surface area (Å²) >= 11 is 0. The number of carbonyl (C=O) groups excluding carboxylic acids is 1. The van der Waals surface area contributed by atoms with Crippen molar-refractivity contribution in [3.05, 3.63) is 0 Å². The molecule has 0 aromatic rings. The Morgan fingerprint density at radius 2 is 2.30 bits per heavy atom. The van der Waals surface area contributed by atoms with E-state index in [9.17, 15) is 9.36 Å². The minimum atomic E-state index is -3.65. The number of hydrogen-bond acceptors (Lipinski definition) is 3. The zero-order valence-electron chi connectivity index (χ0n) is 5.98. The van der Waals surface area contributed by atoms with Crippen molar-refractivity contribution in [2.24, 2.45) is 0 Å². The topological polar surface area (TPSA) is 63.6 Å². The van der Waals surface area contributed by atoms with E-state index in [0.29, 0.717) is 6.29 Å². The summed E-state index contributed by atoms with van der Waals surface area (Å²) in [7, 11) is -3.65. The minimum absolute atomic E-state index is 0.145. The second-order valence-corrected chi connectivity index (χ2v) is 4.06. The summed E-state index contributed by atoms with van der Waals surface area (Å²) in [5.41, 5.74) is -0.924. The van der Waals surface area contributed by atoms with Crippen LogP contribution in [-0.2, 0) is 13.9 Å². The first kappa shape index (κ1) is 9.82. The molecule has 2 atom stereocenters. The van der Waals surface area contributed by atoms with Crippen molar-refractivity contribution in [1.29, 1.82) is 0 Å². The molecule has 0 saturated heterocycles. The molecule has 2 unspecified atom stereocenters. The van der Waals surface area contributed by atoms with Gasteiger partial charge in [-0.1, -0.05) is 0 Å². The lowest BCUT2D eigenvalue weighted by Gasteiger charge is -2.12. The Hall–Kier alpha value is -0.180. The molecular formula is C5H11O4P. The Morgan fingerprint density at radius 3 is 2.60 bits per heavy atom. The van der Waals surface area contributed by atoms with Crippen molar-refractivity contribution < 1.29 is 18.8 Å². The van der Waals surface area contributed by atoms with Gasteiger partial charge in [-0.05, 0) is 13.8 Å². The molecule has 10 heavy (non-hydrogen) atoms. The molecule has 0 aromatic carbocycles. The molecule has 0 aliphatic heterocycles. The average molecular weight is 166 g/mol. The molecule has 4 nitrogen and oxygen atoms in total. The monoisotopic (exact) mass is 166 g/mol. The summed E-state index contributed by atoms with van der Waals surface area (Å²) in [6.07, 6.45) is 0.413. The van der Waals surface area contributed by atoms with Crippen molar-refractivity contribution in [2.45, 2.75) is 19.5 Å². The fraction of sp³-hybridized carbons (Fsp3) is 0.800. The van der Waals surface area contributed by atoms with Gasteiger partial charge in [0.2, 0.25) is 0 Å². The molecule has 0 amide bonds. The average Bonchev–Trinajstić information content (AvgIpc) is 1.86. The number of aldehydes is 1. The maximum atomic E-state index is 10.8. The summed E-state index contributed by atoms with van der Waals surface area (Å²) in [5, 5.41) is 0. The van der Waals surface area contributed by atoms with Gasteiger partial charge in [0, 0.05) is 0 Å². The van der Waals surface area contributed by atoms with Crippen molar-refractivity contribution in [2.75, 3.05) is 6.61 Å². The molecule has 0 heterocycles. The smallest absolute Gasteiger partial charge is 0.324 e. The van der Waals surface area contributed by atoms with E-state index in [1.54, 1.807) is 6.92 Å². The molecule has 60 valence electrons. The van der Waals surface area contributed by atoms with Crippen LogP contribution in [0.15, 0.2) is 0 Å². The third-order valence-corrected chi connectivity index (χ3v) is 2.80. The molecule has 0 radical (unpaired) electrons. The standard InChI is InChI=1S/C5H11O4P/c1-3-9-10(7,8)5(2)4-6/h4-5H,3H2,1-2H3,(H,7,8). The molecule has 0 saturated carbocycles. The number of carbonyl (C=O) groups is 1. The molecule has 5 heteroatoms. The lowest BCUT2D eigenvalue weighted by molar-refractivity contribution is -0.107. The Balaban J connectivity index is 4.09. The maximum Gasteiger partial charge on any atom is 0.337 e. The predicted molar refractivity (Wildman–Crippen MR) is 37.0 cm³/mol. The fourth-order valence-electron chi connectivity index (χ4n) is 0.379. The van der Waals surface area contributed by atoms with Gasteiger partial charge in [0.1, 0.15) is 11.9 Å². The zero-order valence-corrected chi connectivity index (χ0v) is 6.88. The second-order valence-electron chi connectivity index (χ2n) is 1.86. The molecule has 1 N–H and O–H groups in total. The van der Waals surface area contributed by atoms with Gasteiger partial charge < -0.3 is 14.2 Å². The lowest BCUT2D eigenvalue weighted by atomic mass is 10.5. The summed E-state index contributed by atoms with van der Waals surface area (Å²) in [5.74, 6) is 0. The minimum Gasteiger partial charge on any atom is -0.324 e. The van der Waals surface area contributed by atoms with E-state index in [2.05, 4.69) is 4.52 Å². The van der Waals surface area contributed by atoms with Gasteiger partial charge in [-0.15, -0.1) is 0 Å². The van der Waals surface area contributed by atoms with Crippen LogP contribution < -0.4 is 0 Å². The molecule has 0 fully saturated rings. The van der Waals surface area contributed by atoms with Gasteiger partial charge in [0.15, 0.2) is 0 Å². The van der Waals surface area contributed by atoms with E-state index < -0.39 is 13.3 Å². The van der Waals surface area contributed by atoms with Crippen LogP contribution in [-0.4, -0.2) is 23.4 Å². The van der Waals surface area contributed by atoms with Gasteiger partial charge in [-0.25, -0.2) is 0 Å². The van der Waals surface area contributed by atoms with Crippen molar-refractivity contribution in [3.8, 4) is 0 Å². The highest BCUT2D eigenvalue weighted by Gasteiger charge is 2.26. The van der Waals surface area contributed by atoms with E-state index in [4.69, 9.17) is 4.89 Å². The van der Waals surface area contributed by atoms with Gasteiger partial charge in [0.05, 0.1) is 6.61 Å². The number of hydrogen-bond donors (Lipinski definition) is 1. The van der Waals surface area contributed by atoms with Crippen LogP contribution in [0, 0.1) is 0 Å². The highest BCUT2D eigenvalue weighted by molar-refractivity contribution is 7.54. The first-order valence-electron chi connectivity index (χ1n) is 2.97. The second kappa shape index (κ2) is 3.86. The van der Waals surface area contributed by atoms with Crippen LogP contribution in [0.25, 0.3) is 0 Å². The van der Waals surface area contributed by atoms with E-state index in [1.807, 2.05) is 0 Å². The summed E-state index contributed by atoms with van der Waals surface area (Å²) in [4.78, 5) is 18.9. The summed E-state index contributed by atoms with van der Waals surface area (Å²) < 4.78 is 15.3. The third kappa shape index (κ3) is 2.60. The highest BCUT2D eigenvalue weighted by atomic mass is 31.2. The van der Waals surface area contributed by atoms with Gasteiger partial charge in [0.25, 0.3) is 0 Å². The Bertz CT molecular complexity index is 156. The number of rotatable bonds is 4. The molecule has 0 aliphatic rings. The quantitative estimate of drug-likeness (QED) is 0.495. The molecular weight excluding hydrogens is 155 g/mol. The molecule has 0 spiro atoms. The van der Waals surface area contributed by atoms with Crippen molar-refractivity contribution in [3.63, 3.8) is 0 Å². The maximum absolute atomic E-state index is 10.8. The van der Waals surface area contributed by atoms with Crippen molar-refractivity contribution in [1.82, 2.24) is 0 Å². The van der Waals surface area contributed by atoms with Crippen LogP contribution in [0.3, 0.4) is 0 Å². The van der Waals surface area contributed by atoms with Crippen LogP contribution >= 0.6 is 7.60 Å². The van der Waals surface area contributed by atoms with E-state index in [0.717, 1.165) is 0 Å². The molecule has 0 aromatic heterocycles. The molecule has 0 bridgehead atoms. The van der Waals surface area contributed by atoms with E-state index >= 15 is 0 Å². The SMILES string of the molecule is CCOP(=O)(O)C(C)C=O. The first-order valence-corrected chi connectivity index (χ1v) is 4.61. The van der Waals surface area contributed by atoms with E-state index in [1.165, 1.54) is 6.92 Å². The van der Waals surface area contributed by atoms with Crippen LogP contribution in [0.4, 0.5) is 0 Å².